The zero-order valence-electron chi connectivity index (χ0n) is 13.8. The molecule has 0 bridgehead atoms. The minimum absolute atomic E-state index is 0.0874. The summed E-state index contributed by atoms with van der Waals surface area (Å²) in [4.78, 5) is 25.6. The fraction of sp³-hybridized carbons (Fsp3) is 0.667. The van der Waals surface area contributed by atoms with E-state index in [1.807, 2.05) is 6.92 Å². The third-order valence-electron chi connectivity index (χ3n) is 3.95. The Hall–Kier alpha value is -2.09. The molecule has 2 atom stereocenters. The van der Waals surface area contributed by atoms with Gasteiger partial charge in [0.1, 0.15) is 0 Å². The maximum absolute atomic E-state index is 12.3. The molecule has 1 fully saturated rings. The van der Waals surface area contributed by atoms with E-state index in [0.717, 1.165) is 12.8 Å². The van der Waals surface area contributed by atoms with Gasteiger partial charge in [-0.2, -0.15) is 5.10 Å². The molecule has 1 aliphatic heterocycles. The molecule has 0 aromatic carbocycles. The highest BCUT2D eigenvalue weighted by atomic mass is 16.5. The first-order chi connectivity index (χ1) is 11.0. The topological polar surface area (TPSA) is 85.7 Å². The van der Waals surface area contributed by atoms with Crippen molar-refractivity contribution >= 4 is 17.8 Å². The number of hydrogen-bond donors (Lipinski definition) is 1. The van der Waals surface area contributed by atoms with Gasteiger partial charge in [-0.1, -0.05) is 0 Å². The number of anilines is 1. The fourth-order valence-corrected chi connectivity index (χ4v) is 2.68. The Labute approximate surface area is 135 Å². The van der Waals surface area contributed by atoms with Crippen molar-refractivity contribution in [3.05, 3.63) is 12.3 Å². The summed E-state index contributed by atoms with van der Waals surface area (Å²) in [7, 11) is 3.01. The van der Waals surface area contributed by atoms with Gasteiger partial charge in [-0.3, -0.25) is 14.8 Å². The highest BCUT2D eigenvalue weighted by molar-refractivity contribution is 5.88. The van der Waals surface area contributed by atoms with Crippen molar-refractivity contribution in [1.29, 1.82) is 0 Å². The first-order valence-electron chi connectivity index (χ1n) is 7.73. The maximum Gasteiger partial charge on any atom is 0.323 e. The number of esters is 1. The first-order valence-corrected chi connectivity index (χ1v) is 7.73. The minimum Gasteiger partial charge on any atom is -0.469 e. The summed E-state index contributed by atoms with van der Waals surface area (Å²) in [5.74, 6) is -0.0305. The summed E-state index contributed by atoms with van der Waals surface area (Å²) in [5, 5.41) is 7.09. The molecule has 1 N–H and O–H groups in total. The molecule has 23 heavy (non-hydrogen) atoms. The van der Waals surface area contributed by atoms with E-state index in [4.69, 9.17) is 9.47 Å². The Morgan fingerprint density at radius 3 is 2.96 bits per heavy atom. The molecule has 0 saturated carbocycles. The first kappa shape index (κ1) is 17.3. The molecule has 1 aromatic heterocycles. The molecule has 0 spiro atoms. The Balaban J connectivity index is 1.92. The van der Waals surface area contributed by atoms with Gasteiger partial charge in [-0.05, 0) is 19.8 Å². The third kappa shape index (κ3) is 4.44. The molecule has 2 amide bonds. The summed E-state index contributed by atoms with van der Waals surface area (Å²) in [6.07, 6.45) is 3.33. The van der Waals surface area contributed by atoms with Crippen LogP contribution < -0.4 is 5.32 Å². The van der Waals surface area contributed by atoms with Crippen LogP contribution in [-0.4, -0.2) is 60.6 Å². The van der Waals surface area contributed by atoms with Gasteiger partial charge in [0.15, 0.2) is 5.82 Å². The second-order valence-electron chi connectivity index (χ2n) is 5.72. The largest absolute Gasteiger partial charge is 0.469 e. The number of hydrogen-bond acceptors (Lipinski definition) is 5. The number of rotatable bonds is 5. The molecule has 0 radical (unpaired) electrons. The smallest absolute Gasteiger partial charge is 0.323 e. The number of nitrogens with one attached hydrogen (secondary N) is 1. The van der Waals surface area contributed by atoms with E-state index in [2.05, 4.69) is 10.4 Å². The number of urea groups is 1. The third-order valence-corrected chi connectivity index (χ3v) is 3.95. The van der Waals surface area contributed by atoms with Gasteiger partial charge in [-0.15, -0.1) is 0 Å². The molecular weight excluding hydrogens is 300 g/mol. The molecule has 1 saturated heterocycles. The van der Waals surface area contributed by atoms with Crippen LogP contribution >= 0.6 is 0 Å². The molecule has 0 unspecified atom stereocenters. The quantitative estimate of drug-likeness (QED) is 0.830. The standard InChI is InChI=1S/C15H24N4O4/c1-11(10-22-2)19-8-6-13(17-19)16-15(21)18-7-4-5-12(9-18)14(20)23-3/h6,8,11-12H,4-5,7,9-10H2,1-3H3,(H,16,17,21)/t11-,12-/m0/s1. The van der Waals surface area contributed by atoms with Crippen molar-refractivity contribution in [2.75, 3.05) is 39.2 Å². The van der Waals surface area contributed by atoms with Crippen LogP contribution in [-0.2, 0) is 14.3 Å². The van der Waals surface area contributed by atoms with Gasteiger partial charge >= 0.3 is 12.0 Å². The van der Waals surface area contributed by atoms with Crippen LogP contribution in [0.2, 0.25) is 0 Å². The number of methoxy groups -OCH3 is 2. The zero-order valence-corrected chi connectivity index (χ0v) is 13.8. The lowest BCUT2D eigenvalue weighted by Gasteiger charge is -2.31. The summed E-state index contributed by atoms with van der Waals surface area (Å²) in [6.45, 7) is 3.52. The number of carbonyl (C=O) groups excluding carboxylic acids is 2. The van der Waals surface area contributed by atoms with E-state index in [1.54, 1.807) is 29.0 Å². The summed E-state index contributed by atoms with van der Waals surface area (Å²) < 4.78 is 11.6. The van der Waals surface area contributed by atoms with Crippen LogP contribution in [0.25, 0.3) is 0 Å². The molecule has 2 heterocycles. The highest BCUT2D eigenvalue weighted by Gasteiger charge is 2.29. The van der Waals surface area contributed by atoms with Gasteiger partial charge < -0.3 is 14.4 Å². The number of ether oxygens (including phenoxy) is 2. The number of carbonyl (C=O) groups is 2. The van der Waals surface area contributed by atoms with Crippen molar-refractivity contribution in [1.82, 2.24) is 14.7 Å². The lowest BCUT2D eigenvalue weighted by molar-refractivity contribution is -0.146. The Morgan fingerprint density at radius 2 is 2.26 bits per heavy atom. The molecular formula is C15H24N4O4. The van der Waals surface area contributed by atoms with Gasteiger partial charge in [-0.25, -0.2) is 4.79 Å². The Bertz CT molecular complexity index is 545. The number of nitrogens with zero attached hydrogens (tertiary/aromatic N) is 3. The molecule has 128 valence electrons. The van der Waals surface area contributed by atoms with Crippen molar-refractivity contribution in [2.24, 2.45) is 5.92 Å². The van der Waals surface area contributed by atoms with Crippen LogP contribution in [0.4, 0.5) is 10.6 Å². The normalized spacial score (nSPS) is 19.3. The van der Waals surface area contributed by atoms with Gasteiger partial charge in [0, 0.05) is 32.5 Å². The van der Waals surface area contributed by atoms with Gasteiger partial charge in [0.2, 0.25) is 0 Å². The van der Waals surface area contributed by atoms with Crippen molar-refractivity contribution in [3.63, 3.8) is 0 Å². The minimum atomic E-state index is -0.264. The SMILES string of the molecule is COC[C@H](C)n1ccc(NC(=O)N2CCC[C@H](C(=O)OC)C2)n1. The van der Waals surface area contributed by atoms with Crippen LogP contribution in [0.1, 0.15) is 25.8 Å². The van der Waals surface area contributed by atoms with Crippen molar-refractivity contribution < 1.29 is 19.1 Å². The number of aromatic nitrogens is 2. The Kier molecular flexibility index (Phi) is 5.97. The lowest BCUT2D eigenvalue weighted by atomic mass is 9.98. The average molecular weight is 324 g/mol. The van der Waals surface area contributed by atoms with E-state index >= 15 is 0 Å². The average Bonchev–Trinajstić information content (AvgIpc) is 3.03. The van der Waals surface area contributed by atoms with Gasteiger partial charge in [0.25, 0.3) is 0 Å². The van der Waals surface area contributed by atoms with Crippen LogP contribution in [0.15, 0.2) is 12.3 Å². The Morgan fingerprint density at radius 1 is 1.48 bits per heavy atom. The van der Waals surface area contributed by atoms with E-state index in [0.29, 0.717) is 25.5 Å². The van der Waals surface area contributed by atoms with Crippen molar-refractivity contribution in [3.8, 4) is 0 Å². The number of amides is 2. The number of piperidine rings is 1. The summed E-state index contributed by atoms with van der Waals surface area (Å²) in [6, 6.07) is 1.58. The summed E-state index contributed by atoms with van der Waals surface area (Å²) in [5.41, 5.74) is 0. The predicted molar refractivity (Wildman–Crippen MR) is 84.1 cm³/mol. The van der Waals surface area contributed by atoms with Gasteiger partial charge in [0.05, 0.1) is 25.7 Å². The second kappa shape index (κ2) is 7.96. The summed E-state index contributed by atoms with van der Waals surface area (Å²) >= 11 is 0. The molecule has 0 aliphatic carbocycles. The van der Waals surface area contributed by atoms with E-state index in [9.17, 15) is 9.59 Å². The van der Waals surface area contributed by atoms with E-state index in [-0.39, 0.29) is 24.0 Å². The number of likely N-dealkylation sites (tertiary alicyclic amines) is 1. The highest BCUT2D eigenvalue weighted by Crippen LogP contribution is 2.19. The second-order valence-corrected chi connectivity index (χ2v) is 5.72. The monoisotopic (exact) mass is 324 g/mol. The molecule has 1 aromatic rings. The maximum atomic E-state index is 12.3. The zero-order chi connectivity index (χ0) is 16.8. The van der Waals surface area contributed by atoms with E-state index in [1.165, 1.54) is 7.11 Å². The molecule has 8 heteroatoms. The predicted octanol–water partition coefficient (Wildman–Crippen LogP) is 1.51. The fourth-order valence-electron chi connectivity index (χ4n) is 2.68. The van der Waals surface area contributed by atoms with Crippen molar-refractivity contribution in [2.45, 2.75) is 25.8 Å². The van der Waals surface area contributed by atoms with Crippen LogP contribution in [0.5, 0.6) is 0 Å². The van der Waals surface area contributed by atoms with Crippen LogP contribution in [0.3, 0.4) is 0 Å². The molecule has 8 nitrogen and oxygen atoms in total. The molecule has 2 rings (SSSR count). The van der Waals surface area contributed by atoms with E-state index < -0.39 is 0 Å². The molecule has 1 aliphatic rings. The lowest BCUT2D eigenvalue weighted by Crippen LogP contribution is -2.44. The van der Waals surface area contributed by atoms with Crippen LogP contribution in [0, 0.1) is 5.92 Å².